The number of nitrogens with zero attached hydrogens (tertiary/aromatic N) is 2. The third kappa shape index (κ3) is 4.96. The van der Waals surface area contributed by atoms with E-state index in [1.807, 2.05) is 37.3 Å². The molecule has 1 saturated heterocycles. The molecule has 0 saturated carbocycles. The third-order valence-corrected chi connectivity index (χ3v) is 5.33. The van der Waals surface area contributed by atoms with Crippen molar-refractivity contribution < 1.29 is 23.2 Å². The van der Waals surface area contributed by atoms with Crippen molar-refractivity contribution in [2.75, 3.05) is 18.0 Å². The van der Waals surface area contributed by atoms with Gasteiger partial charge in [0.15, 0.2) is 0 Å². The largest absolute Gasteiger partial charge is 0.442 e. The number of hydrogen-bond acceptors (Lipinski definition) is 5. The van der Waals surface area contributed by atoms with Crippen LogP contribution in [-0.4, -0.2) is 36.4 Å². The summed E-state index contributed by atoms with van der Waals surface area (Å²) in [6.45, 7) is 3.73. The molecule has 3 aromatic rings. The minimum absolute atomic E-state index is 0.200. The smallest absolute Gasteiger partial charge is 0.414 e. The van der Waals surface area contributed by atoms with Crippen LogP contribution in [0.25, 0.3) is 11.1 Å². The van der Waals surface area contributed by atoms with Crippen LogP contribution >= 0.6 is 0 Å². The van der Waals surface area contributed by atoms with Gasteiger partial charge in [0, 0.05) is 18.6 Å². The van der Waals surface area contributed by atoms with Crippen molar-refractivity contribution in [2.45, 2.75) is 32.8 Å². The summed E-state index contributed by atoms with van der Waals surface area (Å²) in [7, 11) is 0. The summed E-state index contributed by atoms with van der Waals surface area (Å²) in [4.78, 5) is 24.6. The lowest BCUT2D eigenvalue weighted by molar-refractivity contribution is -0.119. The van der Waals surface area contributed by atoms with Gasteiger partial charge in [-0.15, -0.1) is 0 Å². The number of carbonyl (C=O) groups is 2. The number of cyclic esters (lactones) is 1. The van der Waals surface area contributed by atoms with Gasteiger partial charge in [0.2, 0.25) is 5.91 Å². The van der Waals surface area contributed by atoms with E-state index in [1.54, 1.807) is 12.1 Å². The maximum Gasteiger partial charge on any atom is 0.414 e. The average molecular weight is 437 g/mol. The highest BCUT2D eigenvalue weighted by Crippen LogP contribution is 2.29. The first-order chi connectivity index (χ1) is 15.4. The number of nitrogens with one attached hydrogen (secondary N) is 1. The summed E-state index contributed by atoms with van der Waals surface area (Å²) in [6, 6.07) is 14.3. The Kier molecular flexibility index (Phi) is 6.20. The first-order valence-corrected chi connectivity index (χ1v) is 10.4. The fraction of sp³-hybridized carbons (Fsp3) is 0.292. The molecule has 1 aliphatic heterocycles. The highest BCUT2D eigenvalue weighted by Gasteiger charge is 2.32. The topological polar surface area (TPSA) is 84.7 Å². The monoisotopic (exact) mass is 437 g/mol. The molecule has 2 aromatic carbocycles. The average Bonchev–Trinajstić information content (AvgIpc) is 3.36. The Labute approximate surface area is 185 Å². The highest BCUT2D eigenvalue weighted by molar-refractivity contribution is 5.90. The van der Waals surface area contributed by atoms with Crippen LogP contribution in [0.3, 0.4) is 0 Å². The molecule has 1 atom stereocenters. The zero-order chi connectivity index (χ0) is 22.7. The van der Waals surface area contributed by atoms with Crippen LogP contribution in [0, 0.1) is 12.7 Å². The van der Waals surface area contributed by atoms with E-state index in [-0.39, 0.29) is 19.0 Å². The zero-order valence-corrected chi connectivity index (χ0v) is 17.9. The second-order valence-electron chi connectivity index (χ2n) is 7.84. The van der Waals surface area contributed by atoms with Crippen LogP contribution in [0.2, 0.25) is 0 Å². The van der Waals surface area contributed by atoms with Crippen molar-refractivity contribution in [3.63, 3.8) is 0 Å². The lowest BCUT2D eigenvalue weighted by Crippen LogP contribution is -2.33. The molecular weight excluding hydrogens is 413 g/mol. The van der Waals surface area contributed by atoms with Gasteiger partial charge < -0.3 is 14.6 Å². The van der Waals surface area contributed by atoms with Gasteiger partial charge >= 0.3 is 6.09 Å². The molecule has 0 radical (unpaired) electrons. The molecule has 7 nitrogen and oxygen atoms in total. The van der Waals surface area contributed by atoms with Gasteiger partial charge in [0.25, 0.3) is 0 Å². The number of aromatic nitrogens is 1. The number of benzene rings is 2. The molecule has 1 aliphatic rings. The van der Waals surface area contributed by atoms with E-state index < -0.39 is 18.0 Å². The second kappa shape index (κ2) is 9.21. The van der Waals surface area contributed by atoms with E-state index in [0.717, 1.165) is 35.4 Å². The van der Waals surface area contributed by atoms with E-state index in [4.69, 9.17) is 9.26 Å². The van der Waals surface area contributed by atoms with E-state index in [0.29, 0.717) is 11.3 Å². The number of carbonyl (C=O) groups excluding carboxylic acids is 2. The molecule has 0 unspecified atom stereocenters. The molecule has 0 aliphatic carbocycles. The normalized spacial score (nSPS) is 15.7. The van der Waals surface area contributed by atoms with E-state index in [9.17, 15) is 14.0 Å². The van der Waals surface area contributed by atoms with Crippen LogP contribution in [0.1, 0.15) is 23.9 Å². The van der Waals surface area contributed by atoms with Crippen molar-refractivity contribution in [1.29, 1.82) is 0 Å². The van der Waals surface area contributed by atoms with Gasteiger partial charge in [0.1, 0.15) is 17.7 Å². The third-order valence-electron chi connectivity index (χ3n) is 5.33. The lowest BCUT2D eigenvalue weighted by atomic mass is 10.0. The molecule has 2 amide bonds. The van der Waals surface area contributed by atoms with Gasteiger partial charge in [-0.1, -0.05) is 29.4 Å². The van der Waals surface area contributed by atoms with Gasteiger partial charge in [0.05, 0.1) is 24.5 Å². The number of anilines is 1. The number of amides is 2. The number of halogens is 1. The maximum absolute atomic E-state index is 14.9. The first kappa shape index (κ1) is 21.5. The molecule has 32 heavy (non-hydrogen) atoms. The van der Waals surface area contributed by atoms with Crippen LogP contribution in [0.5, 0.6) is 0 Å². The molecule has 1 fully saturated rings. The quantitative estimate of drug-likeness (QED) is 0.603. The standard InChI is InChI=1S/C24H24FN3O4/c1-15-11-19(27-32-15)8-5-17-3-6-18(7-4-17)22-10-9-20(12-23(22)25)28-14-21(31-24(28)30)13-26-16(2)29/h3-4,6-7,9-12,21H,5,8,13-14H2,1-2H3,(H,26,29)/t21-/m0/s1. The van der Waals surface area contributed by atoms with E-state index >= 15 is 0 Å². The number of hydrogen-bond donors (Lipinski definition) is 1. The fourth-order valence-corrected chi connectivity index (χ4v) is 3.66. The van der Waals surface area contributed by atoms with Crippen LogP contribution < -0.4 is 10.2 Å². The van der Waals surface area contributed by atoms with Crippen LogP contribution in [-0.2, 0) is 22.4 Å². The minimum Gasteiger partial charge on any atom is -0.442 e. The fourth-order valence-electron chi connectivity index (χ4n) is 3.66. The number of rotatable bonds is 7. The van der Waals surface area contributed by atoms with E-state index in [1.165, 1.54) is 17.9 Å². The van der Waals surface area contributed by atoms with Crippen molar-refractivity contribution in [1.82, 2.24) is 10.5 Å². The molecule has 0 bridgehead atoms. The van der Waals surface area contributed by atoms with Gasteiger partial charge in [-0.2, -0.15) is 0 Å². The molecule has 2 heterocycles. The van der Waals surface area contributed by atoms with Crippen LogP contribution in [0.4, 0.5) is 14.9 Å². The van der Waals surface area contributed by atoms with Gasteiger partial charge in [-0.25, -0.2) is 9.18 Å². The molecular formula is C24H24FN3O4. The molecule has 8 heteroatoms. The van der Waals surface area contributed by atoms with Crippen LogP contribution in [0.15, 0.2) is 53.1 Å². The van der Waals surface area contributed by atoms with E-state index in [2.05, 4.69) is 10.5 Å². The zero-order valence-electron chi connectivity index (χ0n) is 17.9. The SMILES string of the molecule is CC(=O)NC[C@H]1CN(c2ccc(-c3ccc(CCc4cc(C)on4)cc3)c(F)c2)C(=O)O1. The summed E-state index contributed by atoms with van der Waals surface area (Å²) >= 11 is 0. The predicted molar refractivity (Wildman–Crippen MR) is 117 cm³/mol. The Morgan fingerprint density at radius 1 is 1.19 bits per heavy atom. The van der Waals surface area contributed by atoms with Crippen molar-refractivity contribution in [2.24, 2.45) is 0 Å². The van der Waals surface area contributed by atoms with Crippen molar-refractivity contribution in [3.05, 3.63) is 71.4 Å². The van der Waals surface area contributed by atoms with Crippen molar-refractivity contribution in [3.8, 4) is 11.1 Å². The molecule has 1 aromatic heterocycles. The predicted octanol–water partition coefficient (Wildman–Crippen LogP) is 4.04. The summed E-state index contributed by atoms with van der Waals surface area (Å²) in [6.07, 6.45) is 0.556. The van der Waals surface area contributed by atoms with Crippen molar-refractivity contribution >= 4 is 17.7 Å². The highest BCUT2D eigenvalue weighted by atomic mass is 19.1. The Morgan fingerprint density at radius 3 is 2.62 bits per heavy atom. The second-order valence-corrected chi connectivity index (χ2v) is 7.84. The minimum atomic E-state index is -0.556. The summed E-state index contributed by atoms with van der Waals surface area (Å²) in [5.74, 6) is 0.167. The Bertz CT molecular complexity index is 1130. The summed E-state index contributed by atoms with van der Waals surface area (Å²) in [5.41, 5.74) is 3.66. The maximum atomic E-state index is 14.9. The van der Waals surface area contributed by atoms with Gasteiger partial charge in [-0.3, -0.25) is 9.69 Å². The number of ether oxygens (including phenoxy) is 1. The molecule has 0 spiro atoms. The summed E-state index contributed by atoms with van der Waals surface area (Å²) < 4.78 is 25.2. The Morgan fingerprint density at radius 2 is 1.97 bits per heavy atom. The Hall–Kier alpha value is -3.68. The molecule has 4 rings (SSSR count). The molecule has 166 valence electrons. The molecule has 1 N–H and O–H groups in total. The summed E-state index contributed by atoms with van der Waals surface area (Å²) in [5, 5.41) is 6.62. The lowest BCUT2D eigenvalue weighted by Gasteiger charge is -2.14. The van der Waals surface area contributed by atoms with Gasteiger partial charge in [-0.05, 0) is 49.1 Å². The first-order valence-electron chi connectivity index (χ1n) is 10.4. The number of aryl methyl sites for hydroxylation is 3. The Balaban J connectivity index is 1.41.